The number of benzene rings is 1. The van der Waals surface area contributed by atoms with Crippen LogP contribution in [0.4, 0.5) is 0 Å². The molecule has 0 N–H and O–H groups in total. The number of halogens is 2. The average molecular weight is 334 g/mol. The summed E-state index contributed by atoms with van der Waals surface area (Å²) in [6, 6.07) is 3.86. The summed E-state index contributed by atoms with van der Waals surface area (Å²) < 4.78 is 11.1. The number of fused-ring (bicyclic) bond motifs is 1. The number of hydrogen-bond donors (Lipinski definition) is 0. The number of ether oxygens (including phenoxy) is 2. The smallest absolute Gasteiger partial charge is 0.162 e. The van der Waals surface area contributed by atoms with Gasteiger partial charge < -0.3 is 9.47 Å². The number of rotatable bonds is 5. The molecule has 0 bridgehead atoms. The Bertz CT molecular complexity index is 409. The molecule has 100 valence electrons. The Kier molecular flexibility index (Phi) is 5.19. The third-order valence-electron chi connectivity index (χ3n) is 3.06. The van der Waals surface area contributed by atoms with Crippen LogP contribution in [-0.4, -0.2) is 13.2 Å². The minimum atomic E-state index is 0.285. The molecule has 1 aliphatic heterocycles. The molecule has 0 fully saturated rings. The van der Waals surface area contributed by atoms with Gasteiger partial charge in [0.25, 0.3) is 0 Å². The second kappa shape index (κ2) is 6.67. The molecule has 1 aliphatic rings. The van der Waals surface area contributed by atoms with Gasteiger partial charge in [-0.2, -0.15) is 0 Å². The molecular formula is C14H18BrClO2. The lowest BCUT2D eigenvalue weighted by molar-refractivity contribution is 0.171. The third-order valence-corrected chi connectivity index (χ3v) is 4.34. The SMILES string of the molecule is CCCCCC(Br)c1cc2c(cc1Cl)OCCO2. The van der Waals surface area contributed by atoms with E-state index in [-0.39, 0.29) is 4.83 Å². The van der Waals surface area contributed by atoms with Crippen molar-refractivity contribution in [3.8, 4) is 11.5 Å². The van der Waals surface area contributed by atoms with E-state index in [9.17, 15) is 0 Å². The second-order valence-electron chi connectivity index (χ2n) is 4.48. The van der Waals surface area contributed by atoms with Crippen LogP contribution in [0.5, 0.6) is 11.5 Å². The molecule has 18 heavy (non-hydrogen) atoms. The quantitative estimate of drug-likeness (QED) is 0.549. The van der Waals surface area contributed by atoms with Crippen molar-refractivity contribution in [1.82, 2.24) is 0 Å². The summed E-state index contributed by atoms with van der Waals surface area (Å²) >= 11 is 10.0. The maximum atomic E-state index is 6.30. The van der Waals surface area contributed by atoms with E-state index in [1.165, 1.54) is 19.3 Å². The van der Waals surface area contributed by atoms with Crippen molar-refractivity contribution in [3.05, 3.63) is 22.7 Å². The molecule has 4 heteroatoms. The zero-order valence-corrected chi connectivity index (χ0v) is 12.9. The van der Waals surface area contributed by atoms with Crippen molar-refractivity contribution in [1.29, 1.82) is 0 Å². The van der Waals surface area contributed by atoms with Crippen LogP contribution in [0, 0.1) is 0 Å². The van der Waals surface area contributed by atoms with Gasteiger partial charge in [-0.25, -0.2) is 0 Å². The Morgan fingerprint density at radius 3 is 2.56 bits per heavy atom. The molecule has 1 aromatic carbocycles. The van der Waals surface area contributed by atoms with Gasteiger partial charge in [0.2, 0.25) is 0 Å². The van der Waals surface area contributed by atoms with Crippen molar-refractivity contribution in [2.75, 3.05) is 13.2 Å². The maximum absolute atomic E-state index is 6.30. The first-order valence-corrected chi connectivity index (χ1v) is 7.75. The first kappa shape index (κ1) is 14.0. The highest BCUT2D eigenvalue weighted by molar-refractivity contribution is 9.09. The summed E-state index contributed by atoms with van der Waals surface area (Å²) in [4.78, 5) is 0.285. The average Bonchev–Trinajstić information content (AvgIpc) is 2.38. The van der Waals surface area contributed by atoms with Crippen molar-refractivity contribution in [2.24, 2.45) is 0 Å². The molecule has 0 saturated carbocycles. The fourth-order valence-corrected chi connectivity index (χ4v) is 3.17. The molecular weight excluding hydrogens is 316 g/mol. The van der Waals surface area contributed by atoms with Crippen molar-refractivity contribution >= 4 is 27.5 Å². The minimum Gasteiger partial charge on any atom is -0.486 e. The lowest BCUT2D eigenvalue weighted by atomic mass is 10.1. The molecule has 0 saturated heterocycles. The number of alkyl halides is 1. The molecule has 0 radical (unpaired) electrons. The van der Waals surface area contributed by atoms with Gasteiger partial charge in [-0.15, -0.1) is 0 Å². The number of unbranched alkanes of at least 4 members (excludes halogenated alkanes) is 2. The predicted molar refractivity (Wildman–Crippen MR) is 78.3 cm³/mol. The van der Waals surface area contributed by atoms with E-state index < -0.39 is 0 Å². The molecule has 1 aromatic rings. The predicted octanol–water partition coefficient (Wildman–Crippen LogP) is 5.13. The van der Waals surface area contributed by atoms with Gasteiger partial charge in [0.1, 0.15) is 13.2 Å². The van der Waals surface area contributed by atoms with Crippen molar-refractivity contribution in [3.63, 3.8) is 0 Å². The molecule has 0 aliphatic carbocycles. The van der Waals surface area contributed by atoms with Crippen molar-refractivity contribution < 1.29 is 9.47 Å². The van der Waals surface area contributed by atoms with Crippen LogP contribution in [0.3, 0.4) is 0 Å². The summed E-state index contributed by atoms with van der Waals surface area (Å²) in [5, 5.41) is 0.748. The molecule has 1 unspecified atom stereocenters. The first-order chi connectivity index (χ1) is 8.72. The fourth-order valence-electron chi connectivity index (χ4n) is 2.05. The molecule has 1 atom stereocenters. The zero-order valence-electron chi connectivity index (χ0n) is 10.5. The van der Waals surface area contributed by atoms with E-state index in [1.807, 2.05) is 12.1 Å². The highest BCUT2D eigenvalue weighted by atomic mass is 79.9. The highest BCUT2D eigenvalue weighted by Gasteiger charge is 2.18. The monoisotopic (exact) mass is 332 g/mol. The van der Waals surface area contributed by atoms with Crippen LogP contribution < -0.4 is 9.47 Å². The molecule has 0 spiro atoms. The maximum Gasteiger partial charge on any atom is 0.162 e. The lowest BCUT2D eigenvalue weighted by Gasteiger charge is -2.21. The van der Waals surface area contributed by atoms with Gasteiger partial charge in [-0.3, -0.25) is 0 Å². The van der Waals surface area contributed by atoms with Crippen LogP contribution in [0.1, 0.15) is 43.0 Å². The molecule has 1 heterocycles. The van der Waals surface area contributed by atoms with Crippen LogP contribution in [-0.2, 0) is 0 Å². The van der Waals surface area contributed by atoms with Gasteiger partial charge >= 0.3 is 0 Å². The Labute approximate surface area is 122 Å². The van der Waals surface area contributed by atoms with E-state index in [1.54, 1.807) is 0 Å². The third kappa shape index (κ3) is 3.33. The van der Waals surface area contributed by atoms with Crippen LogP contribution in [0.25, 0.3) is 0 Å². The number of hydrogen-bond acceptors (Lipinski definition) is 2. The topological polar surface area (TPSA) is 18.5 Å². The Hall–Kier alpha value is -0.410. The first-order valence-electron chi connectivity index (χ1n) is 6.45. The van der Waals surface area contributed by atoms with Gasteiger partial charge in [0.15, 0.2) is 11.5 Å². The van der Waals surface area contributed by atoms with Gasteiger partial charge in [-0.05, 0) is 18.1 Å². The van der Waals surface area contributed by atoms with Gasteiger partial charge in [0, 0.05) is 15.9 Å². The Morgan fingerprint density at radius 2 is 1.89 bits per heavy atom. The van der Waals surface area contributed by atoms with Crippen molar-refractivity contribution in [2.45, 2.75) is 37.4 Å². The molecule has 0 amide bonds. The van der Waals surface area contributed by atoms with Gasteiger partial charge in [-0.1, -0.05) is 53.7 Å². The Morgan fingerprint density at radius 1 is 1.22 bits per heavy atom. The molecule has 2 rings (SSSR count). The summed E-state index contributed by atoms with van der Waals surface area (Å²) in [7, 11) is 0. The van der Waals surface area contributed by atoms with Crippen LogP contribution >= 0.6 is 27.5 Å². The van der Waals surface area contributed by atoms with Crippen LogP contribution in [0.2, 0.25) is 5.02 Å². The zero-order chi connectivity index (χ0) is 13.0. The summed E-state index contributed by atoms with van der Waals surface area (Å²) in [6.07, 6.45) is 4.78. The minimum absolute atomic E-state index is 0.285. The summed E-state index contributed by atoms with van der Waals surface area (Å²) in [6.45, 7) is 3.41. The summed E-state index contributed by atoms with van der Waals surface area (Å²) in [5.74, 6) is 1.56. The largest absolute Gasteiger partial charge is 0.486 e. The molecule has 2 nitrogen and oxygen atoms in total. The van der Waals surface area contributed by atoms with E-state index >= 15 is 0 Å². The van der Waals surface area contributed by atoms with E-state index in [2.05, 4.69) is 22.9 Å². The highest BCUT2D eigenvalue weighted by Crippen LogP contribution is 2.41. The Balaban J connectivity index is 2.12. The normalized spacial score (nSPS) is 15.5. The summed E-state index contributed by atoms with van der Waals surface area (Å²) in [5.41, 5.74) is 1.09. The van der Waals surface area contributed by atoms with Crippen LogP contribution in [0.15, 0.2) is 12.1 Å². The van der Waals surface area contributed by atoms with E-state index in [0.717, 1.165) is 28.5 Å². The second-order valence-corrected chi connectivity index (χ2v) is 5.99. The lowest BCUT2D eigenvalue weighted by Crippen LogP contribution is -2.15. The standard InChI is InChI=1S/C14H18BrClO2/c1-2-3-4-5-11(15)10-8-13-14(9-12(10)16)18-7-6-17-13/h8-9,11H,2-7H2,1H3. The van der Waals surface area contributed by atoms with E-state index in [0.29, 0.717) is 13.2 Å². The molecule has 0 aromatic heterocycles. The van der Waals surface area contributed by atoms with E-state index in [4.69, 9.17) is 21.1 Å². The fraction of sp³-hybridized carbons (Fsp3) is 0.571. The van der Waals surface area contributed by atoms with Gasteiger partial charge in [0.05, 0.1) is 0 Å².